The minimum Gasteiger partial charge on any atom is -0.361 e. The Morgan fingerprint density at radius 1 is 1.09 bits per heavy atom. The van der Waals surface area contributed by atoms with Gasteiger partial charge in [-0.2, -0.15) is 0 Å². The van der Waals surface area contributed by atoms with Crippen LogP contribution >= 0.6 is 0 Å². The summed E-state index contributed by atoms with van der Waals surface area (Å²) in [6, 6.07) is 10.2. The van der Waals surface area contributed by atoms with E-state index in [1.54, 1.807) is 0 Å². The van der Waals surface area contributed by atoms with Crippen molar-refractivity contribution in [1.82, 2.24) is 15.2 Å². The maximum absolute atomic E-state index is 3.49. The van der Waals surface area contributed by atoms with Crippen LogP contribution in [0.5, 0.6) is 0 Å². The van der Waals surface area contributed by atoms with E-state index in [1.165, 1.54) is 16.5 Å². The summed E-state index contributed by atoms with van der Waals surface area (Å²) in [6.45, 7) is 10.2. The van der Waals surface area contributed by atoms with Crippen LogP contribution in [0.1, 0.15) is 40.7 Å². The molecule has 0 bridgehead atoms. The molecule has 0 aliphatic heterocycles. The van der Waals surface area contributed by atoms with Gasteiger partial charge >= 0.3 is 0 Å². The first-order valence-corrected chi connectivity index (χ1v) is 8.01. The van der Waals surface area contributed by atoms with Crippen molar-refractivity contribution in [3.05, 3.63) is 36.0 Å². The molecule has 0 fully saturated rings. The largest absolute Gasteiger partial charge is 0.361 e. The molecule has 0 aliphatic rings. The highest BCUT2D eigenvalue weighted by Crippen LogP contribution is 2.19. The predicted molar refractivity (Wildman–Crippen MR) is 98.6 cm³/mol. The van der Waals surface area contributed by atoms with Crippen molar-refractivity contribution in [2.24, 2.45) is 0 Å². The second-order valence-electron chi connectivity index (χ2n) is 6.43. The van der Waals surface area contributed by atoms with Gasteiger partial charge in [0.15, 0.2) is 0 Å². The average Bonchev–Trinajstić information content (AvgIpc) is 2.85. The summed E-state index contributed by atoms with van der Waals surface area (Å²) in [6.07, 6.45) is 3.21. The fourth-order valence-corrected chi connectivity index (χ4v) is 3.10. The lowest BCUT2D eigenvalue weighted by Gasteiger charge is -2.34. The quantitative estimate of drug-likeness (QED) is 0.808. The number of nitrogens with zero attached hydrogens (tertiary/aromatic N) is 1. The van der Waals surface area contributed by atoms with Gasteiger partial charge in [0.1, 0.15) is 0 Å². The van der Waals surface area contributed by atoms with Gasteiger partial charge in [0.2, 0.25) is 0 Å². The Morgan fingerprint density at radius 2 is 1.73 bits per heavy atom. The Hall–Kier alpha value is -1.32. The summed E-state index contributed by atoms with van der Waals surface area (Å²) < 4.78 is 0. The second kappa shape index (κ2) is 8.35. The monoisotopic (exact) mass is 303 g/mol. The molecule has 0 aliphatic carbocycles. The maximum Gasteiger partial charge on any atom is 0.0456 e. The number of H-pyrrole nitrogens is 1. The number of hydrogen-bond donors (Lipinski definition) is 2. The van der Waals surface area contributed by atoms with Gasteiger partial charge in [0.25, 0.3) is 0 Å². The van der Waals surface area contributed by atoms with Crippen molar-refractivity contribution < 1.29 is 0 Å². The molecule has 1 aromatic carbocycles. The fourth-order valence-electron chi connectivity index (χ4n) is 3.10. The van der Waals surface area contributed by atoms with Gasteiger partial charge in [-0.25, -0.2) is 0 Å². The Bertz CT molecular complexity index is 549. The van der Waals surface area contributed by atoms with Crippen LogP contribution in [-0.2, 0) is 6.42 Å². The molecule has 3 nitrogen and oxygen atoms in total. The zero-order valence-electron chi connectivity index (χ0n) is 14.0. The van der Waals surface area contributed by atoms with Crippen molar-refractivity contribution in [2.45, 2.75) is 59.7 Å². The molecule has 124 valence electrons. The Balaban J connectivity index is 0.00000242. The first-order valence-electron chi connectivity index (χ1n) is 8.01. The third-order valence-electron chi connectivity index (χ3n) is 4.31. The van der Waals surface area contributed by atoms with Crippen LogP contribution < -0.4 is 5.32 Å². The minimum atomic E-state index is 0. The third-order valence-corrected chi connectivity index (χ3v) is 4.31. The van der Waals surface area contributed by atoms with E-state index >= 15 is 0 Å². The van der Waals surface area contributed by atoms with Gasteiger partial charge in [0.05, 0.1) is 0 Å². The van der Waals surface area contributed by atoms with Crippen LogP contribution in [0.2, 0.25) is 0 Å². The molecule has 2 N–H and O–H groups in total. The van der Waals surface area contributed by atoms with Crippen LogP contribution in [-0.4, -0.2) is 41.6 Å². The summed E-state index contributed by atoms with van der Waals surface area (Å²) in [7, 11) is 2.07. The molecular formula is C19H33N3. The van der Waals surface area contributed by atoms with E-state index < -0.39 is 0 Å². The van der Waals surface area contributed by atoms with Gasteiger partial charge in [-0.15, -0.1) is 0 Å². The molecule has 22 heavy (non-hydrogen) atoms. The Morgan fingerprint density at radius 3 is 2.32 bits per heavy atom. The molecule has 3 heteroatoms. The van der Waals surface area contributed by atoms with E-state index in [-0.39, 0.29) is 7.43 Å². The second-order valence-corrected chi connectivity index (χ2v) is 6.43. The number of likely N-dealkylation sites (N-methyl/N-ethyl adjacent to an activating group) is 1. The first kappa shape index (κ1) is 18.7. The van der Waals surface area contributed by atoms with E-state index in [0.717, 1.165) is 13.0 Å². The number of para-hydroxylation sites is 1. The standard InChI is InChI=1S/C18H29N3.CH4/c1-13(2)21(14(3)4)12-16(19-5)10-15-11-20-18-9-7-6-8-17(15)18;/h6-9,11,13-14,16,19-20H,10,12H2,1-5H3;1H4/t16-;/m1./s1. The molecule has 1 atom stereocenters. The highest BCUT2D eigenvalue weighted by Gasteiger charge is 2.19. The van der Waals surface area contributed by atoms with E-state index in [4.69, 9.17) is 0 Å². The van der Waals surface area contributed by atoms with Crippen molar-refractivity contribution in [3.63, 3.8) is 0 Å². The van der Waals surface area contributed by atoms with E-state index in [9.17, 15) is 0 Å². The maximum atomic E-state index is 3.49. The van der Waals surface area contributed by atoms with Crippen LogP contribution in [0.15, 0.2) is 30.5 Å². The topological polar surface area (TPSA) is 31.1 Å². The lowest BCUT2D eigenvalue weighted by Crippen LogP contribution is -2.46. The third kappa shape index (κ3) is 4.34. The van der Waals surface area contributed by atoms with Crippen LogP contribution in [0, 0.1) is 0 Å². The normalized spacial score (nSPS) is 13.1. The van der Waals surface area contributed by atoms with Crippen LogP contribution in [0.4, 0.5) is 0 Å². The number of aromatic nitrogens is 1. The molecule has 0 radical (unpaired) electrons. The molecule has 1 aromatic heterocycles. The van der Waals surface area contributed by atoms with Gasteiger partial charge < -0.3 is 10.3 Å². The SMILES string of the molecule is C.CN[C@H](Cc1c[nH]c2ccccc12)CN(C(C)C)C(C)C. The van der Waals surface area contributed by atoms with Crippen LogP contribution in [0.25, 0.3) is 10.9 Å². The Labute approximate surface area is 136 Å². The number of aromatic amines is 1. The molecule has 0 saturated carbocycles. The van der Waals surface area contributed by atoms with Crippen molar-refractivity contribution >= 4 is 10.9 Å². The van der Waals surface area contributed by atoms with E-state index in [1.807, 2.05) is 0 Å². The molecule has 0 spiro atoms. The summed E-state index contributed by atoms with van der Waals surface area (Å²) in [5.74, 6) is 0. The lowest BCUT2D eigenvalue weighted by molar-refractivity contribution is 0.157. The summed E-state index contributed by atoms with van der Waals surface area (Å²) >= 11 is 0. The average molecular weight is 303 g/mol. The summed E-state index contributed by atoms with van der Waals surface area (Å²) in [5, 5.41) is 4.84. The lowest BCUT2D eigenvalue weighted by atomic mass is 10.0. The minimum absolute atomic E-state index is 0. The predicted octanol–water partition coefficient (Wildman–Crippen LogP) is 4.05. The van der Waals surface area contributed by atoms with Gasteiger partial charge in [-0.05, 0) is 52.8 Å². The number of nitrogens with one attached hydrogen (secondary N) is 2. The molecule has 2 aromatic rings. The summed E-state index contributed by atoms with van der Waals surface area (Å²) in [4.78, 5) is 5.93. The van der Waals surface area contributed by atoms with Crippen molar-refractivity contribution in [2.75, 3.05) is 13.6 Å². The molecule has 2 rings (SSSR count). The smallest absolute Gasteiger partial charge is 0.0456 e. The van der Waals surface area contributed by atoms with Gasteiger partial charge in [-0.3, -0.25) is 4.90 Å². The van der Waals surface area contributed by atoms with E-state index in [0.29, 0.717) is 18.1 Å². The molecule has 0 unspecified atom stereocenters. The number of rotatable bonds is 7. The summed E-state index contributed by atoms with van der Waals surface area (Å²) in [5.41, 5.74) is 2.63. The first-order chi connectivity index (χ1) is 10.0. The Kier molecular flexibility index (Phi) is 7.11. The van der Waals surface area contributed by atoms with Crippen molar-refractivity contribution in [1.29, 1.82) is 0 Å². The van der Waals surface area contributed by atoms with Gasteiger partial charge in [-0.1, -0.05) is 25.6 Å². The van der Waals surface area contributed by atoms with Crippen LogP contribution in [0.3, 0.4) is 0 Å². The fraction of sp³-hybridized carbons (Fsp3) is 0.579. The van der Waals surface area contributed by atoms with Gasteiger partial charge in [0, 0.05) is 41.8 Å². The number of hydrogen-bond acceptors (Lipinski definition) is 2. The molecule has 1 heterocycles. The zero-order chi connectivity index (χ0) is 15.4. The highest BCUT2D eigenvalue weighted by atomic mass is 15.2. The zero-order valence-corrected chi connectivity index (χ0v) is 14.0. The van der Waals surface area contributed by atoms with Crippen molar-refractivity contribution in [3.8, 4) is 0 Å². The number of fused-ring (bicyclic) bond motifs is 1. The molecule has 0 amide bonds. The molecular weight excluding hydrogens is 270 g/mol. The van der Waals surface area contributed by atoms with E-state index in [2.05, 4.69) is 80.4 Å². The number of benzene rings is 1. The molecule has 0 saturated heterocycles. The highest BCUT2D eigenvalue weighted by molar-refractivity contribution is 5.83.